The molecule has 31 heavy (non-hydrogen) atoms. The van der Waals surface area contributed by atoms with Gasteiger partial charge in [-0.2, -0.15) is 28.7 Å². The number of hydrogen-bond acceptors (Lipinski definition) is 5. The zero-order valence-electron chi connectivity index (χ0n) is 16.6. The summed E-state index contributed by atoms with van der Waals surface area (Å²) < 4.78 is 39.5. The summed E-state index contributed by atoms with van der Waals surface area (Å²) >= 11 is 0. The minimum atomic E-state index is -4.73. The normalized spacial score (nSPS) is 20.2. The topological polar surface area (TPSA) is 107 Å². The number of carbonyl (C=O) groups excluding carboxylic acids is 2. The van der Waals surface area contributed by atoms with Gasteiger partial charge < -0.3 is 10.6 Å². The van der Waals surface area contributed by atoms with Crippen LogP contribution in [0.4, 0.5) is 24.5 Å². The van der Waals surface area contributed by atoms with Crippen molar-refractivity contribution in [1.82, 2.24) is 0 Å². The van der Waals surface area contributed by atoms with Gasteiger partial charge in [0, 0.05) is 24.7 Å². The summed E-state index contributed by atoms with van der Waals surface area (Å²) in [5.41, 5.74) is -1.72. The number of anilines is 2. The number of nitrogens with zero attached hydrogens (tertiary/aromatic N) is 3. The number of halogens is 3. The van der Waals surface area contributed by atoms with E-state index in [0.29, 0.717) is 5.69 Å². The largest absolute Gasteiger partial charge is 0.417 e. The first kappa shape index (κ1) is 22.0. The predicted octanol–water partition coefficient (Wildman–Crippen LogP) is 4.83. The predicted molar refractivity (Wildman–Crippen MR) is 106 cm³/mol. The molecule has 0 bridgehead atoms. The van der Waals surface area contributed by atoms with E-state index in [4.69, 9.17) is 5.26 Å². The molecular weight excluding hydrogens is 411 g/mol. The molecule has 7 nitrogen and oxygen atoms in total. The highest BCUT2D eigenvalue weighted by Crippen LogP contribution is 2.39. The van der Waals surface area contributed by atoms with Gasteiger partial charge in [-0.1, -0.05) is 12.1 Å². The Labute approximate surface area is 176 Å². The Bertz CT molecular complexity index is 1110. The molecule has 0 aromatic heterocycles. The zero-order valence-corrected chi connectivity index (χ0v) is 16.6. The Balaban J connectivity index is 1.76. The highest BCUT2D eigenvalue weighted by molar-refractivity contribution is 5.98. The number of benzene rings is 2. The third-order valence-corrected chi connectivity index (χ3v) is 4.79. The van der Waals surface area contributed by atoms with Crippen molar-refractivity contribution in [2.75, 3.05) is 10.6 Å². The quantitative estimate of drug-likeness (QED) is 0.727. The lowest BCUT2D eigenvalue weighted by atomic mass is 9.91. The van der Waals surface area contributed by atoms with E-state index in [1.165, 1.54) is 26.0 Å². The van der Waals surface area contributed by atoms with Gasteiger partial charge in [0.05, 0.1) is 23.2 Å². The summed E-state index contributed by atoms with van der Waals surface area (Å²) in [4.78, 5) is 24.0. The van der Waals surface area contributed by atoms with Gasteiger partial charge in [-0.25, -0.2) is 0 Å². The molecule has 2 aromatic carbocycles. The molecule has 0 radical (unpaired) electrons. The standard InChI is InChI=1S/C21H18F3N5O2/c1-12(30)26-15-5-3-4-13(8-15)18-10-20(2,29-28-18)19(31)27-16-7-6-14(11-25)17(9-16)21(22,23)24/h3-9,18H,10H2,1-2H3,(H,26,30)(H,27,31). The van der Waals surface area contributed by atoms with E-state index in [-0.39, 0.29) is 18.0 Å². The van der Waals surface area contributed by atoms with Crippen LogP contribution in [0.2, 0.25) is 0 Å². The Hall–Kier alpha value is -3.74. The van der Waals surface area contributed by atoms with E-state index in [0.717, 1.165) is 17.7 Å². The molecule has 3 rings (SSSR count). The van der Waals surface area contributed by atoms with Crippen LogP contribution < -0.4 is 10.6 Å². The first-order valence-electron chi connectivity index (χ1n) is 9.24. The monoisotopic (exact) mass is 429 g/mol. The van der Waals surface area contributed by atoms with Crippen molar-refractivity contribution in [2.45, 2.75) is 38.0 Å². The number of alkyl halides is 3. The summed E-state index contributed by atoms with van der Waals surface area (Å²) in [6.07, 6.45) is -4.53. The Kier molecular flexibility index (Phi) is 5.79. The summed E-state index contributed by atoms with van der Waals surface area (Å²) in [6, 6.07) is 11.0. The van der Waals surface area contributed by atoms with Crippen molar-refractivity contribution in [3.63, 3.8) is 0 Å². The molecule has 0 saturated heterocycles. The first-order chi connectivity index (χ1) is 14.5. The molecule has 2 N–H and O–H groups in total. The molecule has 1 aliphatic heterocycles. The second kappa shape index (κ2) is 8.18. The fourth-order valence-corrected chi connectivity index (χ4v) is 3.22. The number of carbonyl (C=O) groups is 2. The minimum Gasteiger partial charge on any atom is -0.326 e. The molecule has 1 aliphatic rings. The van der Waals surface area contributed by atoms with E-state index in [1.54, 1.807) is 24.3 Å². The third kappa shape index (κ3) is 4.88. The van der Waals surface area contributed by atoms with Crippen LogP contribution in [0.3, 0.4) is 0 Å². The lowest BCUT2D eigenvalue weighted by Gasteiger charge is -2.20. The van der Waals surface area contributed by atoms with Gasteiger partial charge in [0.15, 0.2) is 5.54 Å². The van der Waals surface area contributed by atoms with Crippen LogP contribution in [-0.4, -0.2) is 17.4 Å². The summed E-state index contributed by atoms with van der Waals surface area (Å²) in [5.74, 6) is -0.843. The number of hydrogen-bond donors (Lipinski definition) is 2. The van der Waals surface area contributed by atoms with Gasteiger partial charge >= 0.3 is 6.18 Å². The van der Waals surface area contributed by atoms with Crippen molar-refractivity contribution < 1.29 is 22.8 Å². The van der Waals surface area contributed by atoms with Crippen molar-refractivity contribution >= 4 is 23.2 Å². The van der Waals surface area contributed by atoms with E-state index < -0.39 is 34.8 Å². The maximum absolute atomic E-state index is 13.2. The van der Waals surface area contributed by atoms with E-state index in [9.17, 15) is 22.8 Å². The molecule has 0 saturated carbocycles. The van der Waals surface area contributed by atoms with Crippen LogP contribution in [0.1, 0.15) is 43.0 Å². The van der Waals surface area contributed by atoms with Gasteiger partial charge in [-0.15, -0.1) is 0 Å². The van der Waals surface area contributed by atoms with Gasteiger partial charge in [-0.05, 0) is 42.8 Å². The first-order valence-corrected chi connectivity index (χ1v) is 9.24. The van der Waals surface area contributed by atoms with Crippen molar-refractivity contribution in [3.8, 4) is 6.07 Å². The van der Waals surface area contributed by atoms with Crippen LogP contribution >= 0.6 is 0 Å². The van der Waals surface area contributed by atoms with Gasteiger partial charge in [0.25, 0.3) is 5.91 Å². The molecular formula is C21H18F3N5O2. The van der Waals surface area contributed by atoms with Crippen molar-refractivity contribution in [3.05, 3.63) is 59.2 Å². The molecule has 2 aromatic rings. The van der Waals surface area contributed by atoms with E-state index in [1.807, 2.05) is 0 Å². The van der Waals surface area contributed by atoms with Crippen LogP contribution in [0.5, 0.6) is 0 Å². The zero-order chi connectivity index (χ0) is 22.8. The summed E-state index contributed by atoms with van der Waals surface area (Å²) in [6.45, 7) is 2.93. The smallest absolute Gasteiger partial charge is 0.326 e. The van der Waals surface area contributed by atoms with Crippen LogP contribution in [0, 0.1) is 11.3 Å². The molecule has 160 valence electrons. The average molecular weight is 429 g/mol. The fraction of sp³-hybridized carbons (Fsp3) is 0.286. The number of nitriles is 1. The molecule has 10 heteroatoms. The Morgan fingerprint density at radius 2 is 1.87 bits per heavy atom. The molecule has 2 unspecified atom stereocenters. The summed E-state index contributed by atoms with van der Waals surface area (Å²) in [7, 11) is 0. The summed E-state index contributed by atoms with van der Waals surface area (Å²) in [5, 5.41) is 22.2. The van der Waals surface area contributed by atoms with Crippen LogP contribution in [0.15, 0.2) is 52.7 Å². The number of azo groups is 1. The molecule has 0 spiro atoms. The fourth-order valence-electron chi connectivity index (χ4n) is 3.22. The lowest BCUT2D eigenvalue weighted by molar-refractivity contribution is -0.137. The maximum Gasteiger partial charge on any atom is 0.417 e. The van der Waals surface area contributed by atoms with Crippen molar-refractivity contribution in [2.24, 2.45) is 10.2 Å². The second-order valence-corrected chi connectivity index (χ2v) is 7.34. The van der Waals surface area contributed by atoms with E-state index >= 15 is 0 Å². The van der Waals surface area contributed by atoms with Crippen LogP contribution in [-0.2, 0) is 15.8 Å². The highest BCUT2D eigenvalue weighted by Gasteiger charge is 2.41. The highest BCUT2D eigenvalue weighted by atomic mass is 19.4. The van der Waals surface area contributed by atoms with Gasteiger partial charge in [-0.3, -0.25) is 9.59 Å². The van der Waals surface area contributed by atoms with Crippen molar-refractivity contribution in [1.29, 1.82) is 5.26 Å². The molecule has 1 heterocycles. The molecule has 2 atom stereocenters. The second-order valence-electron chi connectivity index (χ2n) is 7.34. The number of rotatable bonds is 4. The van der Waals surface area contributed by atoms with Gasteiger partial charge in [0.2, 0.25) is 5.91 Å². The molecule has 0 fully saturated rings. The van der Waals surface area contributed by atoms with Crippen LogP contribution in [0.25, 0.3) is 0 Å². The van der Waals surface area contributed by atoms with E-state index in [2.05, 4.69) is 20.9 Å². The van der Waals surface area contributed by atoms with Gasteiger partial charge in [0.1, 0.15) is 0 Å². The SMILES string of the molecule is CC(=O)Nc1cccc(C2CC(C)(C(=O)Nc3ccc(C#N)c(C(F)(F)F)c3)N=N2)c1. The third-order valence-electron chi connectivity index (χ3n) is 4.79. The maximum atomic E-state index is 13.2. The Morgan fingerprint density at radius 1 is 1.16 bits per heavy atom. The number of nitrogens with one attached hydrogen (secondary N) is 2. The average Bonchev–Trinajstić information content (AvgIpc) is 3.11. The Morgan fingerprint density at radius 3 is 2.52 bits per heavy atom. The molecule has 0 aliphatic carbocycles. The number of amides is 2. The minimum absolute atomic E-state index is 0.0937. The lowest BCUT2D eigenvalue weighted by Crippen LogP contribution is -2.37. The molecule has 2 amide bonds.